The molecule has 1 aliphatic carbocycles. The Bertz CT molecular complexity index is 653. The van der Waals surface area contributed by atoms with Crippen LogP contribution in [0.15, 0.2) is 33.4 Å². The summed E-state index contributed by atoms with van der Waals surface area (Å²) in [6.07, 6.45) is 3.35. The average Bonchev–Trinajstić information content (AvgIpc) is 2.90. The average molecular weight is 343 g/mol. The Hall–Kier alpha value is -1.20. The molecule has 1 unspecified atom stereocenters. The van der Waals surface area contributed by atoms with E-state index < -0.39 is 17.2 Å². The van der Waals surface area contributed by atoms with Gasteiger partial charge >= 0.3 is 0 Å². The maximum atomic E-state index is 14.1. The van der Waals surface area contributed by atoms with Gasteiger partial charge in [-0.1, -0.05) is 0 Å². The fourth-order valence-electron chi connectivity index (χ4n) is 2.83. The van der Waals surface area contributed by atoms with Gasteiger partial charge in [-0.3, -0.25) is 0 Å². The van der Waals surface area contributed by atoms with Crippen molar-refractivity contribution in [2.75, 3.05) is 0 Å². The van der Waals surface area contributed by atoms with Gasteiger partial charge in [-0.2, -0.15) is 0 Å². The van der Waals surface area contributed by atoms with E-state index in [0.717, 1.165) is 12.8 Å². The van der Waals surface area contributed by atoms with Crippen LogP contribution < -0.4 is 0 Å². The van der Waals surface area contributed by atoms with Gasteiger partial charge in [-0.15, -0.1) is 0 Å². The van der Waals surface area contributed by atoms with Crippen molar-refractivity contribution in [1.82, 2.24) is 0 Å². The fraction of sp³-hybridized carbons (Fsp3) is 0.333. The van der Waals surface area contributed by atoms with Crippen molar-refractivity contribution in [2.45, 2.75) is 31.3 Å². The molecule has 0 aliphatic heterocycles. The Morgan fingerprint density at radius 2 is 2.10 bits per heavy atom. The zero-order valence-corrected chi connectivity index (χ0v) is 12.2. The van der Waals surface area contributed by atoms with Crippen LogP contribution in [0.4, 0.5) is 8.78 Å². The second-order valence-electron chi connectivity index (χ2n) is 5.14. The molecule has 1 heterocycles. The van der Waals surface area contributed by atoms with Crippen molar-refractivity contribution in [3.05, 3.63) is 57.5 Å². The first-order valence-electron chi connectivity index (χ1n) is 6.43. The largest absolute Gasteiger partial charge is 0.469 e. The Balaban J connectivity index is 2.03. The van der Waals surface area contributed by atoms with Gasteiger partial charge in [0.25, 0.3) is 0 Å². The van der Waals surface area contributed by atoms with Crippen molar-refractivity contribution in [1.29, 1.82) is 0 Å². The molecule has 1 aromatic carbocycles. The van der Waals surface area contributed by atoms with E-state index in [4.69, 9.17) is 4.42 Å². The van der Waals surface area contributed by atoms with Gasteiger partial charge in [0.05, 0.1) is 16.3 Å². The lowest BCUT2D eigenvalue weighted by Crippen LogP contribution is -2.33. The molecule has 0 amide bonds. The first-order valence-corrected chi connectivity index (χ1v) is 7.22. The summed E-state index contributed by atoms with van der Waals surface area (Å²) < 4.78 is 33.4. The van der Waals surface area contributed by atoms with Crippen LogP contribution in [-0.4, -0.2) is 5.11 Å². The molecule has 0 bridgehead atoms. The quantitative estimate of drug-likeness (QED) is 0.834. The SMILES string of the molecule is OC1(Cc2c(F)ccc(Br)c2F)CCCc2occc21. The van der Waals surface area contributed by atoms with Gasteiger partial charge in [-0.05, 0) is 47.0 Å². The lowest BCUT2D eigenvalue weighted by Gasteiger charge is -2.32. The molecule has 2 nitrogen and oxygen atoms in total. The topological polar surface area (TPSA) is 33.4 Å². The molecular weight excluding hydrogens is 330 g/mol. The zero-order valence-electron chi connectivity index (χ0n) is 10.6. The summed E-state index contributed by atoms with van der Waals surface area (Å²) in [5.74, 6) is -0.599. The zero-order chi connectivity index (χ0) is 14.3. The number of fused-ring (bicyclic) bond motifs is 1. The Morgan fingerprint density at radius 3 is 2.90 bits per heavy atom. The van der Waals surface area contributed by atoms with Crippen molar-refractivity contribution in [3.63, 3.8) is 0 Å². The Kier molecular flexibility index (Phi) is 3.42. The maximum absolute atomic E-state index is 14.1. The van der Waals surface area contributed by atoms with E-state index in [0.29, 0.717) is 17.7 Å². The van der Waals surface area contributed by atoms with Crippen LogP contribution in [0.5, 0.6) is 0 Å². The smallest absolute Gasteiger partial charge is 0.143 e. The van der Waals surface area contributed by atoms with E-state index in [1.807, 2.05) is 0 Å². The van der Waals surface area contributed by atoms with Gasteiger partial charge in [0.15, 0.2) is 0 Å². The monoisotopic (exact) mass is 342 g/mol. The lowest BCUT2D eigenvalue weighted by atomic mass is 9.78. The second-order valence-corrected chi connectivity index (χ2v) is 6.00. The molecule has 1 atom stereocenters. The van der Waals surface area contributed by atoms with Gasteiger partial charge in [0.1, 0.15) is 17.4 Å². The normalized spacial score (nSPS) is 21.8. The van der Waals surface area contributed by atoms with Gasteiger partial charge in [0.2, 0.25) is 0 Å². The molecule has 3 rings (SSSR count). The molecule has 0 saturated carbocycles. The highest BCUT2D eigenvalue weighted by atomic mass is 79.9. The molecule has 0 saturated heterocycles. The maximum Gasteiger partial charge on any atom is 0.143 e. The molecule has 106 valence electrons. The van der Waals surface area contributed by atoms with E-state index in [9.17, 15) is 13.9 Å². The Morgan fingerprint density at radius 1 is 1.30 bits per heavy atom. The first kappa shape index (κ1) is 13.8. The van der Waals surface area contributed by atoms with Gasteiger partial charge in [0, 0.05) is 24.0 Å². The van der Waals surface area contributed by atoms with Crippen LogP contribution >= 0.6 is 15.9 Å². The second kappa shape index (κ2) is 4.97. The molecule has 20 heavy (non-hydrogen) atoms. The molecule has 2 aromatic rings. The number of aliphatic hydroxyl groups is 1. The van der Waals surface area contributed by atoms with E-state index in [2.05, 4.69) is 15.9 Å². The van der Waals surface area contributed by atoms with Crippen molar-refractivity contribution in [2.24, 2.45) is 0 Å². The number of benzene rings is 1. The van der Waals surface area contributed by atoms with Crippen molar-refractivity contribution < 1.29 is 18.3 Å². The van der Waals surface area contributed by atoms with E-state index in [1.165, 1.54) is 18.4 Å². The van der Waals surface area contributed by atoms with Crippen molar-refractivity contribution in [3.8, 4) is 0 Å². The molecule has 1 aliphatic rings. The minimum atomic E-state index is -1.27. The third-order valence-electron chi connectivity index (χ3n) is 3.85. The standard InChI is InChI=1S/C15H13BrF2O2/c16-11-3-4-12(17)9(14(11)18)8-15(19)6-1-2-13-10(15)5-7-20-13/h3-5,7,19H,1-2,6,8H2. The summed E-state index contributed by atoms with van der Waals surface area (Å²) >= 11 is 3.05. The van der Waals surface area contributed by atoms with Crippen LogP contribution in [0.25, 0.3) is 0 Å². The number of halogens is 3. The predicted molar refractivity (Wildman–Crippen MR) is 73.3 cm³/mol. The lowest BCUT2D eigenvalue weighted by molar-refractivity contribution is 0.0152. The number of furan rings is 1. The van der Waals surface area contributed by atoms with Gasteiger partial charge in [-0.25, -0.2) is 8.78 Å². The minimum Gasteiger partial charge on any atom is -0.469 e. The van der Waals surface area contributed by atoms with Crippen LogP contribution in [-0.2, 0) is 18.4 Å². The minimum absolute atomic E-state index is 0.101. The number of rotatable bonds is 2. The van der Waals surface area contributed by atoms with Crippen LogP contribution in [0.2, 0.25) is 0 Å². The summed E-state index contributed by atoms with van der Waals surface area (Å²) in [5, 5.41) is 10.8. The van der Waals surface area contributed by atoms with Crippen LogP contribution in [0, 0.1) is 11.6 Å². The van der Waals surface area contributed by atoms with Gasteiger partial charge < -0.3 is 9.52 Å². The molecule has 0 radical (unpaired) electrons. The summed E-state index contributed by atoms with van der Waals surface area (Å²) in [6, 6.07) is 4.20. The first-order chi connectivity index (χ1) is 9.51. The summed E-state index contributed by atoms with van der Waals surface area (Å²) in [7, 11) is 0. The van der Waals surface area contributed by atoms with E-state index in [1.54, 1.807) is 6.07 Å². The molecular formula is C15H13BrF2O2. The highest BCUT2D eigenvalue weighted by Gasteiger charge is 2.38. The fourth-order valence-corrected chi connectivity index (χ4v) is 3.20. The molecule has 1 N–H and O–H groups in total. The van der Waals surface area contributed by atoms with E-state index in [-0.39, 0.29) is 16.5 Å². The number of hydrogen-bond acceptors (Lipinski definition) is 2. The molecule has 1 aromatic heterocycles. The summed E-state index contributed by atoms with van der Waals surface area (Å²) in [4.78, 5) is 0. The molecule has 5 heteroatoms. The van der Waals surface area contributed by atoms with Crippen LogP contribution in [0.3, 0.4) is 0 Å². The number of aryl methyl sites for hydroxylation is 1. The molecule has 0 spiro atoms. The predicted octanol–water partition coefficient (Wildman–Crippen LogP) is 4.09. The highest BCUT2D eigenvalue weighted by molar-refractivity contribution is 9.10. The van der Waals surface area contributed by atoms with E-state index >= 15 is 0 Å². The van der Waals surface area contributed by atoms with Crippen LogP contribution in [0.1, 0.15) is 29.7 Å². The third-order valence-corrected chi connectivity index (χ3v) is 4.46. The highest BCUT2D eigenvalue weighted by Crippen LogP contribution is 2.39. The van der Waals surface area contributed by atoms with Crippen molar-refractivity contribution >= 4 is 15.9 Å². The molecule has 0 fully saturated rings. The third kappa shape index (κ3) is 2.19. The summed E-state index contributed by atoms with van der Waals surface area (Å²) in [6.45, 7) is 0. The Labute approximate surface area is 123 Å². The number of hydrogen-bond donors (Lipinski definition) is 1. The summed E-state index contributed by atoms with van der Waals surface area (Å²) in [5.41, 5.74) is -0.735.